The maximum atomic E-state index is 12.8. The van der Waals surface area contributed by atoms with Crippen LogP contribution in [-0.4, -0.2) is 61.9 Å². The highest BCUT2D eigenvalue weighted by Crippen LogP contribution is 2.24. The van der Waals surface area contributed by atoms with Crippen molar-refractivity contribution in [2.45, 2.75) is 0 Å². The molecule has 1 amide bonds. The molecular weight excluding hydrogens is 446 g/mol. The van der Waals surface area contributed by atoms with Crippen LogP contribution in [0.3, 0.4) is 0 Å². The van der Waals surface area contributed by atoms with Gasteiger partial charge >= 0.3 is 0 Å². The standard InChI is InChI=1S/C21H18BrN7O/c22-16-8-6-15(7-9-16)21(30)28-12-10-27(11-13-28)19-18-20(24-14-23-19)29(26-25-18)17-4-2-1-3-5-17/h1-9,14H,10-13H2. The van der Waals surface area contributed by atoms with Crippen molar-refractivity contribution in [2.75, 3.05) is 31.1 Å². The second-order valence-electron chi connectivity index (χ2n) is 6.99. The summed E-state index contributed by atoms with van der Waals surface area (Å²) >= 11 is 3.40. The molecule has 0 aliphatic carbocycles. The quantitative estimate of drug-likeness (QED) is 0.464. The van der Waals surface area contributed by atoms with Gasteiger partial charge in [-0.25, -0.2) is 9.97 Å². The number of benzene rings is 2. The summed E-state index contributed by atoms with van der Waals surface area (Å²) in [5.41, 5.74) is 2.92. The zero-order chi connectivity index (χ0) is 20.5. The van der Waals surface area contributed by atoms with E-state index in [2.05, 4.69) is 41.1 Å². The summed E-state index contributed by atoms with van der Waals surface area (Å²) < 4.78 is 2.67. The molecule has 0 spiro atoms. The predicted molar refractivity (Wildman–Crippen MR) is 117 cm³/mol. The molecule has 0 atom stereocenters. The van der Waals surface area contributed by atoms with E-state index >= 15 is 0 Å². The molecule has 0 radical (unpaired) electrons. The van der Waals surface area contributed by atoms with Crippen LogP contribution in [0.15, 0.2) is 65.4 Å². The monoisotopic (exact) mass is 463 g/mol. The molecule has 0 unspecified atom stereocenters. The lowest BCUT2D eigenvalue weighted by Crippen LogP contribution is -2.49. The van der Waals surface area contributed by atoms with Crippen molar-refractivity contribution < 1.29 is 4.79 Å². The van der Waals surface area contributed by atoms with E-state index in [1.807, 2.05) is 59.5 Å². The summed E-state index contributed by atoms with van der Waals surface area (Å²) in [4.78, 5) is 25.6. The van der Waals surface area contributed by atoms with Crippen molar-refractivity contribution >= 4 is 38.8 Å². The number of carbonyl (C=O) groups is 1. The molecule has 1 saturated heterocycles. The van der Waals surface area contributed by atoms with Gasteiger partial charge in [-0.1, -0.05) is 39.3 Å². The molecular formula is C21H18BrN7O. The van der Waals surface area contributed by atoms with Crippen molar-refractivity contribution in [3.63, 3.8) is 0 Å². The molecule has 1 fully saturated rings. The molecule has 150 valence electrons. The first-order valence-corrected chi connectivity index (χ1v) is 10.4. The minimum absolute atomic E-state index is 0.0463. The van der Waals surface area contributed by atoms with Crippen LogP contribution in [0.5, 0.6) is 0 Å². The van der Waals surface area contributed by atoms with Gasteiger partial charge in [0.05, 0.1) is 5.69 Å². The van der Waals surface area contributed by atoms with Crippen LogP contribution in [0, 0.1) is 0 Å². The van der Waals surface area contributed by atoms with Crippen LogP contribution in [0.4, 0.5) is 5.82 Å². The molecule has 3 heterocycles. The molecule has 5 rings (SSSR count). The lowest BCUT2D eigenvalue weighted by Gasteiger charge is -2.35. The second kappa shape index (κ2) is 7.83. The summed E-state index contributed by atoms with van der Waals surface area (Å²) in [6.45, 7) is 2.58. The van der Waals surface area contributed by atoms with Gasteiger partial charge in [0.25, 0.3) is 5.91 Å². The van der Waals surface area contributed by atoms with E-state index in [0.717, 1.165) is 16.0 Å². The number of anilines is 1. The van der Waals surface area contributed by atoms with Crippen molar-refractivity contribution in [3.8, 4) is 5.69 Å². The number of hydrogen-bond acceptors (Lipinski definition) is 6. The number of hydrogen-bond donors (Lipinski definition) is 0. The normalized spacial score (nSPS) is 14.3. The molecule has 2 aromatic heterocycles. The lowest BCUT2D eigenvalue weighted by molar-refractivity contribution is 0.0746. The zero-order valence-electron chi connectivity index (χ0n) is 16.0. The van der Waals surface area contributed by atoms with Crippen LogP contribution in [0.25, 0.3) is 16.9 Å². The largest absolute Gasteiger partial charge is 0.351 e. The Bertz CT molecular complexity index is 1190. The van der Waals surface area contributed by atoms with E-state index in [1.165, 1.54) is 0 Å². The molecule has 2 aromatic carbocycles. The average Bonchev–Trinajstić information content (AvgIpc) is 3.24. The number of aromatic nitrogens is 5. The Morgan fingerprint density at radius 1 is 0.900 bits per heavy atom. The highest BCUT2D eigenvalue weighted by atomic mass is 79.9. The first kappa shape index (κ1) is 18.7. The Morgan fingerprint density at radius 3 is 2.37 bits per heavy atom. The number of rotatable bonds is 3. The van der Waals surface area contributed by atoms with Gasteiger partial charge in [0, 0.05) is 36.2 Å². The summed E-state index contributed by atoms with van der Waals surface area (Å²) in [7, 11) is 0. The number of amides is 1. The Balaban J connectivity index is 1.36. The van der Waals surface area contributed by atoms with Crippen LogP contribution in [0.1, 0.15) is 10.4 Å². The van der Waals surface area contributed by atoms with Gasteiger partial charge in [0.15, 0.2) is 17.0 Å². The van der Waals surface area contributed by atoms with Crippen LogP contribution < -0.4 is 4.90 Å². The summed E-state index contributed by atoms with van der Waals surface area (Å²) in [5.74, 6) is 0.794. The van der Waals surface area contributed by atoms with Gasteiger partial charge in [-0.05, 0) is 36.4 Å². The van der Waals surface area contributed by atoms with E-state index in [9.17, 15) is 4.79 Å². The third-order valence-corrected chi connectivity index (χ3v) is 5.71. The molecule has 4 aromatic rings. The van der Waals surface area contributed by atoms with Crippen molar-refractivity contribution in [2.24, 2.45) is 0 Å². The zero-order valence-corrected chi connectivity index (χ0v) is 17.6. The van der Waals surface area contributed by atoms with E-state index in [4.69, 9.17) is 0 Å². The number of fused-ring (bicyclic) bond motifs is 1. The Kier molecular flexibility index (Phi) is 4.88. The highest BCUT2D eigenvalue weighted by Gasteiger charge is 2.25. The minimum Gasteiger partial charge on any atom is -0.351 e. The van der Waals surface area contributed by atoms with Gasteiger partial charge in [-0.3, -0.25) is 4.79 Å². The van der Waals surface area contributed by atoms with E-state index in [1.54, 1.807) is 11.0 Å². The average molecular weight is 464 g/mol. The molecule has 1 aliphatic rings. The van der Waals surface area contributed by atoms with Crippen molar-refractivity contribution in [3.05, 3.63) is 71.0 Å². The fraction of sp³-hybridized carbons (Fsp3) is 0.190. The third kappa shape index (κ3) is 3.41. The van der Waals surface area contributed by atoms with Crippen LogP contribution >= 0.6 is 15.9 Å². The van der Waals surface area contributed by atoms with Gasteiger partial charge in [0.1, 0.15) is 6.33 Å². The second-order valence-corrected chi connectivity index (χ2v) is 7.91. The molecule has 9 heteroatoms. The molecule has 30 heavy (non-hydrogen) atoms. The van der Waals surface area contributed by atoms with Gasteiger partial charge < -0.3 is 9.80 Å². The van der Waals surface area contributed by atoms with Gasteiger partial charge in [-0.15, -0.1) is 5.10 Å². The Labute approximate surface area is 181 Å². The first-order chi connectivity index (χ1) is 14.7. The van der Waals surface area contributed by atoms with Gasteiger partial charge in [0.2, 0.25) is 0 Å². The van der Waals surface area contributed by atoms with E-state index in [0.29, 0.717) is 42.9 Å². The molecule has 0 bridgehead atoms. The fourth-order valence-corrected chi connectivity index (χ4v) is 3.87. The SMILES string of the molecule is O=C(c1ccc(Br)cc1)N1CCN(c2ncnc3c2nnn3-c2ccccc2)CC1. The lowest BCUT2D eigenvalue weighted by atomic mass is 10.2. The summed E-state index contributed by atoms with van der Waals surface area (Å²) in [6, 6.07) is 17.2. The maximum absolute atomic E-state index is 12.8. The van der Waals surface area contributed by atoms with Crippen molar-refractivity contribution in [1.82, 2.24) is 29.9 Å². The predicted octanol–water partition coefficient (Wildman–Crippen LogP) is 2.94. The fourth-order valence-electron chi connectivity index (χ4n) is 3.61. The van der Waals surface area contributed by atoms with Crippen LogP contribution in [-0.2, 0) is 0 Å². The van der Waals surface area contributed by atoms with Gasteiger partial charge in [-0.2, -0.15) is 4.68 Å². The number of carbonyl (C=O) groups excluding carboxylic acids is 1. The highest BCUT2D eigenvalue weighted by molar-refractivity contribution is 9.10. The molecule has 8 nitrogen and oxygen atoms in total. The third-order valence-electron chi connectivity index (χ3n) is 5.18. The maximum Gasteiger partial charge on any atom is 0.253 e. The molecule has 0 N–H and O–H groups in total. The number of nitrogens with zero attached hydrogens (tertiary/aromatic N) is 7. The number of halogens is 1. The topological polar surface area (TPSA) is 80.0 Å². The van der Waals surface area contributed by atoms with E-state index in [-0.39, 0.29) is 5.91 Å². The van der Waals surface area contributed by atoms with Crippen molar-refractivity contribution in [1.29, 1.82) is 0 Å². The van der Waals surface area contributed by atoms with E-state index < -0.39 is 0 Å². The number of piperazine rings is 1. The first-order valence-electron chi connectivity index (χ1n) is 9.62. The Hall–Kier alpha value is -3.33. The summed E-state index contributed by atoms with van der Waals surface area (Å²) in [5, 5.41) is 8.62. The molecule has 0 saturated carbocycles. The van der Waals surface area contributed by atoms with Crippen LogP contribution in [0.2, 0.25) is 0 Å². The number of para-hydroxylation sites is 1. The minimum atomic E-state index is 0.0463. The molecule has 1 aliphatic heterocycles. The summed E-state index contributed by atoms with van der Waals surface area (Å²) in [6.07, 6.45) is 1.54. The Morgan fingerprint density at radius 2 is 1.63 bits per heavy atom. The smallest absolute Gasteiger partial charge is 0.253 e.